The van der Waals surface area contributed by atoms with E-state index in [-0.39, 0.29) is 29.4 Å². The maximum Gasteiger partial charge on any atom is 0.323 e. The van der Waals surface area contributed by atoms with Crippen LogP contribution >= 0.6 is 0 Å². The number of methoxy groups -OCH3 is 1. The van der Waals surface area contributed by atoms with Crippen molar-refractivity contribution in [3.63, 3.8) is 0 Å². The summed E-state index contributed by atoms with van der Waals surface area (Å²) in [5.74, 6) is 0.766. The van der Waals surface area contributed by atoms with E-state index in [1.807, 2.05) is 55.7 Å². The Kier molecular flexibility index (Phi) is 9.33. The number of ether oxygens (including phenoxy) is 1. The molecule has 1 fully saturated rings. The van der Waals surface area contributed by atoms with E-state index in [1.54, 1.807) is 28.0 Å². The molecule has 2 aromatic carbocycles. The molecule has 1 aliphatic rings. The van der Waals surface area contributed by atoms with Gasteiger partial charge in [-0.1, -0.05) is 30.3 Å². The molecule has 0 aliphatic heterocycles. The summed E-state index contributed by atoms with van der Waals surface area (Å²) in [4.78, 5) is 29.2. The van der Waals surface area contributed by atoms with Crippen LogP contribution in [0.15, 0.2) is 85.5 Å². The second-order valence-corrected chi connectivity index (χ2v) is 11.4. The molecule has 0 saturated heterocycles. The van der Waals surface area contributed by atoms with Gasteiger partial charge in [0.15, 0.2) is 0 Å². The van der Waals surface area contributed by atoms with Crippen LogP contribution < -0.4 is 20.3 Å². The lowest BCUT2D eigenvalue weighted by Gasteiger charge is -2.36. The number of urea groups is 1. The van der Waals surface area contributed by atoms with Gasteiger partial charge in [0.25, 0.3) is 0 Å². The number of nitriles is 1. The van der Waals surface area contributed by atoms with Gasteiger partial charge in [-0.25, -0.2) is 24.1 Å². The van der Waals surface area contributed by atoms with Crippen molar-refractivity contribution in [3.8, 4) is 34.2 Å². The van der Waals surface area contributed by atoms with Crippen molar-refractivity contribution in [1.29, 1.82) is 5.26 Å². The average Bonchev–Trinajstić information content (AvgIpc) is 3.55. The number of hydrogen-bond donors (Lipinski definition) is 2. The summed E-state index contributed by atoms with van der Waals surface area (Å²) >= 11 is 0. The Morgan fingerprint density at radius 3 is 2.53 bits per heavy atom. The summed E-state index contributed by atoms with van der Waals surface area (Å²) in [6.45, 7) is 0.401. The normalized spacial score (nSPS) is 15.8. The van der Waals surface area contributed by atoms with Gasteiger partial charge in [0, 0.05) is 60.8 Å². The molecule has 1 saturated carbocycles. The predicted molar refractivity (Wildman–Crippen MR) is 176 cm³/mol. The Morgan fingerprint density at radius 1 is 1.04 bits per heavy atom. The van der Waals surface area contributed by atoms with Crippen molar-refractivity contribution in [2.24, 2.45) is 7.05 Å². The van der Waals surface area contributed by atoms with Crippen LogP contribution in [0.5, 0.6) is 5.75 Å². The first-order valence-corrected chi connectivity index (χ1v) is 15.4. The smallest absolute Gasteiger partial charge is 0.323 e. The Labute approximate surface area is 272 Å². The van der Waals surface area contributed by atoms with Crippen molar-refractivity contribution in [1.82, 2.24) is 30.0 Å². The van der Waals surface area contributed by atoms with Crippen molar-refractivity contribution in [2.45, 2.75) is 44.3 Å². The zero-order valence-electron chi connectivity index (χ0n) is 26.1. The van der Waals surface area contributed by atoms with Crippen LogP contribution in [0.1, 0.15) is 36.8 Å². The lowest BCUT2D eigenvalue weighted by Crippen LogP contribution is -2.49. The van der Waals surface area contributed by atoms with Gasteiger partial charge in [0.05, 0.1) is 30.8 Å². The number of rotatable bonds is 9. The molecule has 1 aliphatic carbocycles. The first-order chi connectivity index (χ1) is 22.9. The molecule has 11 nitrogen and oxygen atoms in total. The van der Waals surface area contributed by atoms with Crippen LogP contribution in [0.4, 0.5) is 21.0 Å². The number of benzene rings is 2. The third-order valence-corrected chi connectivity index (χ3v) is 8.26. The lowest BCUT2D eigenvalue weighted by molar-refractivity contribution is 0.240. The first-order valence-electron chi connectivity index (χ1n) is 15.4. The van der Waals surface area contributed by atoms with Gasteiger partial charge >= 0.3 is 6.03 Å². The third kappa shape index (κ3) is 7.20. The Bertz CT molecular complexity index is 1880. The third-order valence-electron chi connectivity index (χ3n) is 8.26. The van der Waals surface area contributed by atoms with Gasteiger partial charge in [-0.3, -0.25) is 9.58 Å². The van der Waals surface area contributed by atoms with Crippen molar-refractivity contribution >= 4 is 17.8 Å². The fourth-order valence-electron chi connectivity index (χ4n) is 5.85. The van der Waals surface area contributed by atoms with Gasteiger partial charge in [-0.15, -0.1) is 0 Å². The van der Waals surface area contributed by atoms with Crippen LogP contribution in [0.3, 0.4) is 0 Å². The highest BCUT2D eigenvalue weighted by atomic mass is 19.1. The fraction of sp³-hybridized carbons (Fsp3) is 0.257. The zero-order chi connectivity index (χ0) is 32.8. The number of hydrogen-bond acceptors (Lipinski definition) is 8. The van der Waals surface area contributed by atoms with E-state index in [0.29, 0.717) is 29.6 Å². The molecule has 238 valence electrons. The molecule has 0 unspecified atom stereocenters. The predicted octanol–water partition coefficient (Wildman–Crippen LogP) is 6.10. The van der Waals surface area contributed by atoms with Crippen molar-refractivity contribution in [3.05, 3.63) is 102 Å². The second kappa shape index (κ2) is 14.1. The van der Waals surface area contributed by atoms with Gasteiger partial charge in [0.1, 0.15) is 23.5 Å². The molecule has 2 amide bonds. The standard InChI is InChI=1S/C35H34FN9O2/c1-44-22-26(21-41-44)24-8-15-32(38-19-24)45(35(46)40-18-23-6-4-3-5-7-23)29-12-10-28(11-13-29)42-34-39-20-25(17-37)33(43-34)30-14-9-27(36)16-31(30)47-2/h3-9,14-16,19-22,28-29H,10-13,18H2,1-2H3,(H,40,46)(H,39,42,43)/t28-,29-. The van der Waals surface area contributed by atoms with Gasteiger partial charge in [-0.2, -0.15) is 10.4 Å². The molecule has 12 heteroatoms. The van der Waals surface area contributed by atoms with Crippen molar-refractivity contribution in [2.75, 3.05) is 17.3 Å². The number of anilines is 2. The molecule has 3 aromatic heterocycles. The number of pyridine rings is 1. The van der Waals surface area contributed by atoms with Crippen LogP contribution in [-0.4, -0.2) is 50.0 Å². The monoisotopic (exact) mass is 631 g/mol. The summed E-state index contributed by atoms with van der Waals surface area (Å²) in [6, 6.07) is 19.6. The van der Waals surface area contributed by atoms with Gasteiger partial charge in [0.2, 0.25) is 5.95 Å². The Morgan fingerprint density at radius 2 is 1.85 bits per heavy atom. The molecule has 47 heavy (non-hydrogen) atoms. The van der Waals surface area contributed by atoms with E-state index in [9.17, 15) is 14.4 Å². The van der Waals surface area contributed by atoms with E-state index in [0.717, 1.165) is 42.4 Å². The Hall–Kier alpha value is -5.83. The minimum absolute atomic E-state index is 0.0392. The van der Waals surface area contributed by atoms with E-state index < -0.39 is 5.82 Å². The summed E-state index contributed by atoms with van der Waals surface area (Å²) in [7, 11) is 3.31. The number of aromatic nitrogens is 5. The number of carbonyl (C=O) groups excluding carboxylic acids is 1. The quantitative estimate of drug-likeness (QED) is 0.199. The molecule has 2 N–H and O–H groups in total. The highest BCUT2D eigenvalue weighted by Crippen LogP contribution is 2.33. The minimum atomic E-state index is -0.448. The Balaban J connectivity index is 1.18. The number of nitrogens with zero attached hydrogens (tertiary/aromatic N) is 7. The minimum Gasteiger partial charge on any atom is -0.496 e. The highest BCUT2D eigenvalue weighted by molar-refractivity contribution is 5.91. The number of halogens is 1. The van der Waals surface area contributed by atoms with Crippen LogP contribution in [-0.2, 0) is 13.6 Å². The molecule has 0 atom stereocenters. The second-order valence-electron chi connectivity index (χ2n) is 11.4. The maximum absolute atomic E-state index is 13.9. The number of nitrogens with one attached hydrogen (secondary N) is 2. The SMILES string of the molecule is COc1cc(F)ccc1-c1nc(N[C@H]2CC[C@H](N(C(=O)NCc3ccccc3)c3ccc(-c4cnn(C)c4)cn3)CC2)ncc1C#N. The highest BCUT2D eigenvalue weighted by Gasteiger charge is 2.31. The average molecular weight is 632 g/mol. The van der Waals surface area contributed by atoms with E-state index in [4.69, 9.17) is 9.72 Å². The molecular formula is C35H34FN9O2. The zero-order valence-corrected chi connectivity index (χ0v) is 26.1. The summed E-state index contributed by atoms with van der Waals surface area (Å²) in [5.41, 5.74) is 3.98. The van der Waals surface area contributed by atoms with E-state index in [1.165, 1.54) is 25.4 Å². The summed E-state index contributed by atoms with van der Waals surface area (Å²) in [6.07, 6.45) is 9.87. The topological polar surface area (TPSA) is 134 Å². The van der Waals surface area contributed by atoms with Crippen LogP contribution in [0, 0.1) is 17.1 Å². The van der Waals surface area contributed by atoms with Gasteiger partial charge in [-0.05, 0) is 55.5 Å². The molecule has 0 bridgehead atoms. The fourth-order valence-corrected chi connectivity index (χ4v) is 5.85. The van der Waals surface area contributed by atoms with Crippen molar-refractivity contribution < 1.29 is 13.9 Å². The van der Waals surface area contributed by atoms with Crippen LogP contribution in [0.2, 0.25) is 0 Å². The molecule has 3 heterocycles. The molecular weight excluding hydrogens is 597 g/mol. The number of carbonyl (C=O) groups is 1. The van der Waals surface area contributed by atoms with E-state index >= 15 is 0 Å². The summed E-state index contributed by atoms with van der Waals surface area (Å²) < 4.78 is 20.9. The lowest BCUT2D eigenvalue weighted by atomic mass is 9.90. The van der Waals surface area contributed by atoms with Gasteiger partial charge < -0.3 is 15.4 Å². The summed E-state index contributed by atoms with van der Waals surface area (Å²) in [5, 5.41) is 20.4. The first kappa shape index (κ1) is 31.2. The van der Waals surface area contributed by atoms with Crippen LogP contribution in [0.25, 0.3) is 22.4 Å². The molecule has 6 rings (SSSR count). The largest absolute Gasteiger partial charge is 0.496 e. The maximum atomic E-state index is 13.9. The molecule has 5 aromatic rings. The molecule has 0 radical (unpaired) electrons. The number of aryl methyl sites for hydroxylation is 1. The molecule has 0 spiro atoms. The number of amides is 2. The van der Waals surface area contributed by atoms with E-state index in [2.05, 4.69) is 31.8 Å².